The highest BCUT2D eigenvalue weighted by Crippen LogP contribution is 2.28. The number of carbonyl (C=O) groups is 1. The topological polar surface area (TPSA) is 66.9 Å². The van der Waals surface area contributed by atoms with Crippen LogP contribution in [0, 0.1) is 0 Å². The third-order valence-corrected chi connectivity index (χ3v) is 6.70. The van der Waals surface area contributed by atoms with Crippen LogP contribution >= 0.6 is 0 Å². The van der Waals surface area contributed by atoms with E-state index in [1.807, 2.05) is 7.05 Å². The molecule has 1 fully saturated rings. The molecule has 7 heteroatoms. The first-order valence-corrected chi connectivity index (χ1v) is 10.1. The SMILES string of the molecule is COc1ccc(C(=O)N(C)C2CCCCCC2)cc1S(=O)(=O)N(C)C. The highest BCUT2D eigenvalue weighted by Gasteiger charge is 2.26. The average molecular weight is 368 g/mol. The Morgan fingerprint density at radius 3 is 2.20 bits per heavy atom. The minimum Gasteiger partial charge on any atom is -0.495 e. The third kappa shape index (κ3) is 4.33. The summed E-state index contributed by atoms with van der Waals surface area (Å²) >= 11 is 0. The number of hydrogen-bond donors (Lipinski definition) is 0. The van der Waals surface area contributed by atoms with Gasteiger partial charge in [-0.15, -0.1) is 0 Å². The van der Waals surface area contributed by atoms with E-state index in [1.165, 1.54) is 40.1 Å². The van der Waals surface area contributed by atoms with Crippen LogP contribution in [0.15, 0.2) is 23.1 Å². The van der Waals surface area contributed by atoms with Gasteiger partial charge in [-0.1, -0.05) is 25.7 Å². The molecule has 1 aliphatic rings. The second-order valence-corrected chi connectivity index (χ2v) is 8.83. The van der Waals surface area contributed by atoms with E-state index in [1.54, 1.807) is 17.0 Å². The molecule has 0 aromatic heterocycles. The lowest BCUT2D eigenvalue weighted by molar-refractivity contribution is 0.0717. The molecular formula is C18H28N2O4S. The lowest BCUT2D eigenvalue weighted by atomic mass is 10.1. The number of benzene rings is 1. The fraction of sp³-hybridized carbons (Fsp3) is 0.611. The van der Waals surface area contributed by atoms with E-state index in [0.29, 0.717) is 5.56 Å². The molecule has 1 aromatic rings. The van der Waals surface area contributed by atoms with Gasteiger partial charge in [0.25, 0.3) is 5.91 Å². The molecule has 140 valence electrons. The van der Waals surface area contributed by atoms with Crippen LogP contribution in [0.25, 0.3) is 0 Å². The fourth-order valence-corrected chi connectivity index (χ4v) is 4.30. The molecule has 1 saturated carbocycles. The highest BCUT2D eigenvalue weighted by molar-refractivity contribution is 7.89. The summed E-state index contributed by atoms with van der Waals surface area (Å²) in [5.41, 5.74) is 0.368. The molecule has 0 bridgehead atoms. The van der Waals surface area contributed by atoms with Crippen molar-refractivity contribution in [1.82, 2.24) is 9.21 Å². The summed E-state index contributed by atoms with van der Waals surface area (Å²) in [5, 5.41) is 0. The van der Waals surface area contributed by atoms with E-state index >= 15 is 0 Å². The first kappa shape index (κ1) is 19.7. The first-order chi connectivity index (χ1) is 11.8. The molecule has 0 aliphatic heterocycles. The predicted octanol–water partition coefficient (Wildman–Crippen LogP) is 2.74. The number of hydrogen-bond acceptors (Lipinski definition) is 4. The first-order valence-electron chi connectivity index (χ1n) is 8.66. The van der Waals surface area contributed by atoms with Gasteiger partial charge in [0, 0.05) is 32.7 Å². The molecule has 0 heterocycles. The van der Waals surface area contributed by atoms with Crippen molar-refractivity contribution < 1.29 is 17.9 Å². The largest absolute Gasteiger partial charge is 0.495 e. The number of carbonyl (C=O) groups excluding carboxylic acids is 1. The average Bonchev–Trinajstić information content (AvgIpc) is 2.89. The van der Waals surface area contributed by atoms with Crippen LogP contribution in [0.5, 0.6) is 5.75 Å². The Hall–Kier alpha value is -1.60. The molecule has 2 rings (SSSR count). The van der Waals surface area contributed by atoms with E-state index in [2.05, 4.69) is 0 Å². The van der Waals surface area contributed by atoms with Crippen molar-refractivity contribution in [1.29, 1.82) is 0 Å². The predicted molar refractivity (Wildman–Crippen MR) is 97.5 cm³/mol. The number of amides is 1. The van der Waals surface area contributed by atoms with Gasteiger partial charge in [-0.2, -0.15) is 0 Å². The monoisotopic (exact) mass is 368 g/mol. The molecule has 25 heavy (non-hydrogen) atoms. The minimum atomic E-state index is -3.69. The quantitative estimate of drug-likeness (QED) is 0.750. The van der Waals surface area contributed by atoms with Gasteiger partial charge in [0.05, 0.1) is 7.11 Å². The van der Waals surface area contributed by atoms with Crippen LogP contribution in [0.2, 0.25) is 0 Å². The summed E-state index contributed by atoms with van der Waals surface area (Å²) in [4.78, 5) is 14.7. The van der Waals surface area contributed by atoms with E-state index < -0.39 is 10.0 Å². The molecule has 0 atom stereocenters. The summed E-state index contributed by atoms with van der Waals surface area (Å²) in [5.74, 6) is 0.0899. The Labute approximate surface area is 150 Å². The molecular weight excluding hydrogens is 340 g/mol. The Morgan fingerprint density at radius 1 is 1.08 bits per heavy atom. The molecule has 0 saturated heterocycles. The number of ether oxygens (including phenoxy) is 1. The molecule has 0 N–H and O–H groups in total. The van der Waals surface area contributed by atoms with E-state index in [-0.39, 0.29) is 22.6 Å². The number of rotatable bonds is 5. The van der Waals surface area contributed by atoms with Crippen LogP contribution in [-0.4, -0.2) is 57.8 Å². The standard InChI is InChI=1S/C18H28N2O4S/c1-19(2)25(22,23)17-13-14(11-12-16(17)24-4)18(21)20(3)15-9-7-5-6-8-10-15/h11-13,15H,5-10H2,1-4H3. The van der Waals surface area contributed by atoms with Gasteiger partial charge in [0.15, 0.2) is 0 Å². The van der Waals surface area contributed by atoms with Gasteiger partial charge >= 0.3 is 0 Å². The van der Waals surface area contributed by atoms with Crippen molar-refractivity contribution in [2.45, 2.75) is 49.5 Å². The molecule has 6 nitrogen and oxygen atoms in total. The van der Waals surface area contributed by atoms with Crippen molar-refractivity contribution >= 4 is 15.9 Å². The van der Waals surface area contributed by atoms with Crippen LogP contribution in [0.1, 0.15) is 48.9 Å². The maximum Gasteiger partial charge on any atom is 0.253 e. The van der Waals surface area contributed by atoms with Crippen LogP contribution in [0.3, 0.4) is 0 Å². The van der Waals surface area contributed by atoms with Gasteiger partial charge in [-0.3, -0.25) is 4.79 Å². The van der Waals surface area contributed by atoms with Gasteiger partial charge in [-0.05, 0) is 31.0 Å². The van der Waals surface area contributed by atoms with Gasteiger partial charge < -0.3 is 9.64 Å². The summed E-state index contributed by atoms with van der Waals surface area (Å²) in [7, 11) is 2.45. The van der Waals surface area contributed by atoms with Crippen molar-refractivity contribution in [3.63, 3.8) is 0 Å². The van der Waals surface area contributed by atoms with Crippen molar-refractivity contribution in [2.75, 3.05) is 28.3 Å². The molecule has 0 radical (unpaired) electrons. The van der Waals surface area contributed by atoms with Gasteiger partial charge in [-0.25, -0.2) is 12.7 Å². The van der Waals surface area contributed by atoms with E-state index in [4.69, 9.17) is 4.74 Å². The second kappa shape index (κ2) is 8.19. The maximum atomic E-state index is 12.9. The van der Waals surface area contributed by atoms with Crippen LogP contribution < -0.4 is 4.74 Å². The van der Waals surface area contributed by atoms with E-state index in [9.17, 15) is 13.2 Å². The normalized spacial score (nSPS) is 16.5. The fourth-order valence-electron chi connectivity index (χ4n) is 3.22. The summed E-state index contributed by atoms with van der Waals surface area (Å²) < 4.78 is 31.3. The van der Waals surface area contributed by atoms with Crippen LogP contribution in [0.4, 0.5) is 0 Å². The Kier molecular flexibility index (Phi) is 6.46. The Bertz CT molecular complexity index is 708. The van der Waals surface area contributed by atoms with E-state index in [0.717, 1.165) is 30.0 Å². The maximum absolute atomic E-state index is 12.9. The second-order valence-electron chi connectivity index (χ2n) is 6.71. The Balaban J connectivity index is 2.34. The highest BCUT2D eigenvalue weighted by atomic mass is 32.2. The zero-order valence-corrected chi connectivity index (χ0v) is 16.3. The molecule has 0 spiro atoms. The molecule has 1 aliphatic carbocycles. The third-order valence-electron chi connectivity index (χ3n) is 4.86. The summed E-state index contributed by atoms with van der Waals surface area (Å²) in [6.45, 7) is 0. The smallest absolute Gasteiger partial charge is 0.253 e. The van der Waals surface area contributed by atoms with Crippen LogP contribution in [-0.2, 0) is 10.0 Å². The molecule has 0 unspecified atom stereocenters. The molecule has 1 aromatic carbocycles. The summed E-state index contributed by atoms with van der Waals surface area (Å²) in [6.07, 6.45) is 6.69. The van der Waals surface area contributed by atoms with Crippen molar-refractivity contribution in [3.8, 4) is 5.75 Å². The zero-order chi connectivity index (χ0) is 18.6. The lowest BCUT2D eigenvalue weighted by Gasteiger charge is -2.27. The number of sulfonamides is 1. The van der Waals surface area contributed by atoms with Gasteiger partial charge in [0.1, 0.15) is 10.6 Å². The summed E-state index contributed by atoms with van der Waals surface area (Å²) in [6, 6.07) is 4.81. The Morgan fingerprint density at radius 2 is 1.68 bits per heavy atom. The van der Waals surface area contributed by atoms with Crippen molar-refractivity contribution in [3.05, 3.63) is 23.8 Å². The number of methoxy groups -OCH3 is 1. The zero-order valence-electron chi connectivity index (χ0n) is 15.5. The minimum absolute atomic E-state index is 0.0140. The lowest BCUT2D eigenvalue weighted by Crippen LogP contribution is -2.36. The van der Waals surface area contributed by atoms with Crippen molar-refractivity contribution in [2.24, 2.45) is 0 Å². The molecule has 1 amide bonds. The number of nitrogens with zero attached hydrogens (tertiary/aromatic N) is 2. The van der Waals surface area contributed by atoms with Gasteiger partial charge in [0.2, 0.25) is 10.0 Å².